The van der Waals surface area contributed by atoms with Gasteiger partial charge in [-0.25, -0.2) is 4.39 Å². The molecule has 0 spiro atoms. The molecule has 1 N–H and O–H groups in total. The van der Waals surface area contributed by atoms with Gasteiger partial charge in [0.1, 0.15) is 11.5 Å². The molecule has 0 unspecified atom stereocenters. The molecule has 0 heterocycles. The number of halogens is 1. The van der Waals surface area contributed by atoms with Crippen LogP contribution in [0.2, 0.25) is 0 Å². The molecule has 1 saturated carbocycles. The van der Waals surface area contributed by atoms with Crippen LogP contribution >= 0.6 is 0 Å². The summed E-state index contributed by atoms with van der Waals surface area (Å²) < 4.78 is 13.0. The lowest BCUT2D eigenvalue weighted by Crippen LogP contribution is -2.31. The standard InChI is InChI=1S/C12H15FN2O2/c1-12(6-2-3-7-12)14-10-5-4-9(13)8-11(10)15(16)17/h4-5,8,14H,2-3,6-7H2,1H3. The summed E-state index contributed by atoms with van der Waals surface area (Å²) >= 11 is 0. The summed E-state index contributed by atoms with van der Waals surface area (Å²) in [5.74, 6) is -0.584. The average molecular weight is 238 g/mol. The molecule has 0 aliphatic heterocycles. The van der Waals surface area contributed by atoms with Crippen molar-refractivity contribution in [2.24, 2.45) is 0 Å². The lowest BCUT2D eigenvalue weighted by molar-refractivity contribution is -0.384. The van der Waals surface area contributed by atoms with Gasteiger partial charge >= 0.3 is 0 Å². The van der Waals surface area contributed by atoms with Gasteiger partial charge in [0.05, 0.1) is 11.0 Å². The van der Waals surface area contributed by atoms with Crippen molar-refractivity contribution in [2.75, 3.05) is 5.32 Å². The summed E-state index contributed by atoms with van der Waals surface area (Å²) in [4.78, 5) is 10.3. The lowest BCUT2D eigenvalue weighted by atomic mass is 10.00. The summed E-state index contributed by atoms with van der Waals surface area (Å²) in [6.07, 6.45) is 4.22. The van der Waals surface area contributed by atoms with Crippen molar-refractivity contribution in [2.45, 2.75) is 38.1 Å². The smallest absolute Gasteiger partial charge is 0.295 e. The molecule has 17 heavy (non-hydrogen) atoms. The zero-order valence-corrected chi connectivity index (χ0v) is 9.70. The van der Waals surface area contributed by atoms with Crippen LogP contribution in [0.3, 0.4) is 0 Å². The molecule has 0 radical (unpaired) electrons. The van der Waals surface area contributed by atoms with E-state index in [1.165, 1.54) is 12.1 Å². The molecule has 1 aliphatic carbocycles. The van der Waals surface area contributed by atoms with E-state index in [0.717, 1.165) is 31.7 Å². The second-order valence-electron chi connectivity index (χ2n) is 4.81. The minimum Gasteiger partial charge on any atom is -0.374 e. The molecule has 0 saturated heterocycles. The highest BCUT2D eigenvalue weighted by Gasteiger charge is 2.30. The maximum atomic E-state index is 13.0. The largest absolute Gasteiger partial charge is 0.374 e. The van der Waals surface area contributed by atoms with Crippen molar-refractivity contribution in [3.8, 4) is 0 Å². The average Bonchev–Trinajstić information content (AvgIpc) is 2.67. The van der Waals surface area contributed by atoms with Gasteiger partial charge < -0.3 is 5.32 Å². The van der Waals surface area contributed by atoms with Crippen LogP contribution in [-0.4, -0.2) is 10.5 Å². The topological polar surface area (TPSA) is 55.2 Å². The van der Waals surface area contributed by atoms with Gasteiger partial charge in [0.25, 0.3) is 5.69 Å². The highest BCUT2D eigenvalue weighted by Crippen LogP contribution is 2.35. The van der Waals surface area contributed by atoms with E-state index in [2.05, 4.69) is 5.32 Å². The minimum atomic E-state index is -0.584. The Morgan fingerprint density at radius 1 is 1.41 bits per heavy atom. The third-order valence-electron chi connectivity index (χ3n) is 3.30. The summed E-state index contributed by atoms with van der Waals surface area (Å²) in [6, 6.07) is 3.64. The van der Waals surface area contributed by atoms with Crippen molar-refractivity contribution < 1.29 is 9.31 Å². The number of nitro groups is 1. The van der Waals surface area contributed by atoms with Crippen LogP contribution in [0.5, 0.6) is 0 Å². The highest BCUT2D eigenvalue weighted by molar-refractivity contribution is 5.62. The molecule has 1 fully saturated rings. The number of nitro benzene ring substituents is 1. The van der Waals surface area contributed by atoms with E-state index >= 15 is 0 Å². The Labute approximate surface area is 99.0 Å². The molecule has 1 aliphatic rings. The van der Waals surface area contributed by atoms with Gasteiger partial charge in [0, 0.05) is 5.54 Å². The normalized spacial score (nSPS) is 18.0. The predicted molar refractivity (Wildman–Crippen MR) is 63.6 cm³/mol. The van der Waals surface area contributed by atoms with Crippen LogP contribution in [0, 0.1) is 15.9 Å². The number of anilines is 1. The Balaban J connectivity index is 2.28. The molecule has 0 bridgehead atoms. The molecule has 1 aromatic carbocycles. The van der Waals surface area contributed by atoms with E-state index < -0.39 is 10.7 Å². The van der Waals surface area contributed by atoms with Gasteiger partial charge in [-0.1, -0.05) is 12.8 Å². The van der Waals surface area contributed by atoms with Crippen molar-refractivity contribution in [1.82, 2.24) is 0 Å². The Hall–Kier alpha value is -1.65. The minimum absolute atomic E-state index is 0.109. The first-order valence-electron chi connectivity index (χ1n) is 5.72. The maximum Gasteiger partial charge on any atom is 0.295 e. The first kappa shape index (κ1) is 11.8. The SMILES string of the molecule is CC1(Nc2ccc(F)cc2[N+](=O)[O-])CCCC1. The van der Waals surface area contributed by atoms with E-state index in [1.807, 2.05) is 6.92 Å². The zero-order valence-electron chi connectivity index (χ0n) is 9.70. The van der Waals surface area contributed by atoms with E-state index in [-0.39, 0.29) is 11.2 Å². The number of rotatable bonds is 3. The van der Waals surface area contributed by atoms with E-state index in [0.29, 0.717) is 5.69 Å². The fraction of sp³-hybridized carbons (Fsp3) is 0.500. The molecule has 92 valence electrons. The third kappa shape index (κ3) is 2.54. The third-order valence-corrected chi connectivity index (χ3v) is 3.30. The van der Waals surface area contributed by atoms with Gasteiger partial charge in [0.15, 0.2) is 0 Å². The number of hydrogen-bond donors (Lipinski definition) is 1. The van der Waals surface area contributed by atoms with Gasteiger partial charge in [0.2, 0.25) is 0 Å². The van der Waals surface area contributed by atoms with Crippen molar-refractivity contribution in [1.29, 1.82) is 0 Å². The number of nitrogens with zero attached hydrogens (tertiary/aromatic N) is 1. The second-order valence-corrected chi connectivity index (χ2v) is 4.81. The highest BCUT2D eigenvalue weighted by atomic mass is 19.1. The molecule has 4 nitrogen and oxygen atoms in total. The van der Waals surface area contributed by atoms with Crippen LogP contribution in [-0.2, 0) is 0 Å². The molecular formula is C12H15FN2O2. The molecule has 5 heteroatoms. The first-order valence-corrected chi connectivity index (χ1v) is 5.72. The van der Waals surface area contributed by atoms with E-state index in [4.69, 9.17) is 0 Å². The predicted octanol–water partition coefficient (Wildman–Crippen LogP) is 3.48. The molecule has 0 amide bonds. The fourth-order valence-electron chi connectivity index (χ4n) is 2.37. The summed E-state index contributed by atoms with van der Waals surface area (Å²) in [7, 11) is 0. The van der Waals surface area contributed by atoms with E-state index in [1.54, 1.807) is 0 Å². The maximum absolute atomic E-state index is 13.0. The number of benzene rings is 1. The second kappa shape index (κ2) is 4.31. The van der Waals surface area contributed by atoms with Gasteiger partial charge in [-0.2, -0.15) is 0 Å². The molecule has 0 atom stereocenters. The summed E-state index contributed by atoms with van der Waals surface area (Å²) in [5.41, 5.74) is 0.0988. The van der Waals surface area contributed by atoms with Crippen LogP contribution in [0.25, 0.3) is 0 Å². The van der Waals surface area contributed by atoms with Crippen LogP contribution in [0.4, 0.5) is 15.8 Å². The van der Waals surface area contributed by atoms with Crippen LogP contribution < -0.4 is 5.32 Å². The van der Waals surface area contributed by atoms with Gasteiger partial charge in [-0.15, -0.1) is 0 Å². The van der Waals surface area contributed by atoms with Crippen molar-refractivity contribution in [3.63, 3.8) is 0 Å². The van der Waals surface area contributed by atoms with Crippen molar-refractivity contribution in [3.05, 3.63) is 34.1 Å². The Morgan fingerprint density at radius 2 is 2.06 bits per heavy atom. The molecule has 1 aromatic rings. The Bertz CT molecular complexity index is 442. The molecule has 0 aromatic heterocycles. The molecule has 2 rings (SSSR count). The number of nitrogens with one attached hydrogen (secondary N) is 1. The lowest BCUT2D eigenvalue weighted by Gasteiger charge is -2.26. The van der Waals surface area contributed by atoms with Gasteiger partial charge in [-0.05, 0) is 31.9 Å². The number of hydrogen-bond acceptors (Lipinski definition) is 3. The fourth-order valence-corrected chi connectivity index (χ4v) is 2.37. The quantitative estimate of drug-likeness (QED) is 0.648. The monoisotopic (exact) mass is 238 g/mol. The Morgan fingerprint density at radius 3 is 2.65 bits per heavy atom. The zero-order chi connectivity index (χ0) is 12.5. The van der Waals surface area contributed by atoms with E-state index in [9.17, 15) is 14.5 Å². The van der Waals surface area contributed by atoms with Crippen LogP contribution in [0.1, 0.15) is 32.6 Å². The summed E-state index contributed by atoms with van der Waals surface area (Å²) in [6.45, 7) is 2.05. The Kier molecular flexibility index (Phi) is 3.00. The van der Waals surface area contributed by atoms with Crippen LogP contribution in [0.15, 0.2) is 18.2 Å². The molecular weight excluding hydrogens is 223 g/mol. The van der Waals surface area contributed by atoms with Crippen molar-refractivity contribution >= 4 is 11.4 Å². The summed E-state index contributed by atoms with van der Waals surface area (Å²) in [5, 5.41) is 14.0. The van der Waals surface area contributed by atoms with Gasteiger partial charge in [-0.3, -0.25) is 10.1 Å². The first-order chi connectivity index (χ1) is 8.00.